The lowest BCUT2D eigenvalue weighted by Crippen LogP contribution is -2.27. The number of rotatable bonds is 6. The van der Waals surface area contributed by atoms with Crippen LogP contribution in [0.25, 0.3) is 0 Å². The summed E-state index contributed by atoms with van der Waals surface area (Å²) < 4.78 is 22.9. The number of benzene rings is 1. The van der Waals surface area contributed by atoms with E-state index in [0.717, 1.165) is 12.0 Å². The van der Waals surface area contributed by atoms with E-state index in [0.29, 0.717) is 5.69 Å². The number of carbonyl (C=O) groups excluding carboxylic acids is 1. The summed E-state index contributed by atoms with van der Waals surface area (Å²) in [6.45, 7) is 2.00. The maximum atomic E-state index is 11.6. The molecule has 0 bridgehead atoms. The molecule has 0 saturated heterocycles. The summed E-state index contributed by atoms with van der Waals surface area (Å²) in [6.07, 6.45) is 0.770. The Hall–Kier alpha value is -1.40. The van der Waals surface area contributed by atoms with E-state index in [1.54, 1.807) is 12.1 Å². The quantitative estimate of drug-likeness (QED) is 0.790. The van der Waals surface area contributed by atoms with Gasteiger partial charge in [0.15, 0.2) is 9.84 Å². The molecular weight excluding hydrogens is 252 g/mol. The van der Waals surface area contributed by atoms with Gasteiger partial charge in [-0.05, 0) is 18.1 Å². The Morgan fingerprint density at radius 2 is 2.00 bits per heavy atom. The minimum absolute atomic E-state index is 0.0289. The number of carbonyl (C=O) groups is 1. The number of sulfone groups is 1. The summed E-state index contributed by atoms with van der Waals surface area (Å²) in [4.78, 5) is 11.6. The lowest BCUT2D eigenvalue weighted by Gasteiger charge is -2.09. The highest BCUT2D eigenvalue weighted by Crippen LogP contribution is 2.15. The first kappa shape index (κ1) is 14.7. The van der Waals surface area contributed by atoms with Gasteiger partial charge in [0.1, 0.15) is 5.75 Å². The fraction of sp³-hybridized carbons (Fsp3) is 0.417. The number of amides is 1. The Balaban J connectivity index is 2.71. The summed E-state index contributed by atoms with van der Waals surface area (Å²) in [5.41, 5.74) is 6.81. The second kappa shape index (κ2) is 6.51. The summed E-state index contributed by atoms with van der Waals surface area (Å²) in [6, 6.07) is 7.32. The molecule has 0 heterocycles. The molecule has 0 unspecified atom stereocenters. The predicted octanol–water partition coefficient (Wildman–Crippen LogP) is 0.561. The molecule has 0 fully saturated rings. The Bertz CT molecular complexity index is 512. The first-order chi connectivity index (χ1) is 8.48. The fourth-order valence-corrected chi connectivity index (χ4v) is 2.56. The maximum absolute atomic E-state index is 11.6. The van der Waals surface area contributed by atoms with Crippen LogP contribution in [0.15, 0.2) is 24.3 Å². The topological polar surface area (TPSA) is 89.3 Å². The van der Waals surface area contributed by atoms with Gasteiger partial charge in [0, 0.05) is 12.2 Å². The summed E-state index contributed by atoms with van der Waals surface area (Å²) >= 11 is 0. The first-order valence-electron chi connectivity index (χ1n) is 5.76. The van der Waals surface area contributed by atoms with Crippen molar-refractivity contribution < 1.29 is 13.2 Å². The first-order valence-corrected chi connectivity index (χ1v) is 7.59. The van der Waals surface area contributed by atoms with Crippen LogP contribution in [0.5, 0.6) is 0 Å². The normalized spacial score (nSPS) is 11.2. The summed E-state index contributed by atoms with van der Waals surface area (Å²) in [5, 5.41) is 2.62. The SMILES string of the molecule is CCc1ccccc1NC(=O)CS(=O)(=O)CCN. The zero-order valence-electron chi connectivity index (χ0n) is 10.3. The van der Waals surface area contributed by atoms with Crippen LogP contribution in [-0.2, 0) is 21.1 Å². The van der Waals surface area contributed by atoms with Crippen molar-refractivity contribution in [2.75, 3.05) is 23.4 Å². The molecule has 6 heteroatoms. The van der Waals surface area contributed by atoms with E-state index in [2.05, 4.69) is 5.32 Å². The number of aryl methyl sites for hydroxylation is 1. The van der Waals surface area contributed by atoms with E-state index in [1.807, 2.05) is 19.1 Å². The third kappa shape index (κ3) is 4.46. The molecule has 0 spiro atoms. The smallest absolute Gasteiger partial charge is 0.239 e. The minimum atomic E-state index is -3.41. The van der Waals surface area contributed by atoms with Gasteiger partial charge in [-0.3, -0.25) is 4.79 Å². The molecule has 0 saturated carbocycles. The van der Waals surface area contributed by atoms with Crippen molar-refractivity contribution >= 4 is 21.4 Å². The number of para-hydroxylation sites is 1. The van der Waals surface area contributed by atoms with E-state index >= 15 is 0 Å². The molecule has 0 aliphatic heterocycles. The van der Waals surface area contributed by atoms with E-state index < -0.39 is 21.5 Å². The Morgan fingerprint density at radius 3 is 2.61 bits per heavy atom. The van der Waals surface area contributed by atoms with Gasteiger partial charge in [0.2, 0.25) is 5.91 Å². The molecule has 0 atom stereocenters. The number of hydrogen-bond donors (Lipinski definition) is 2. The number of nitrogens with one attached hydrogen (secondary N) is 1. The van der Waals surface area contributed by atoms with E-state index in [9.17, 15) is 13.2 Å². The van der Waals surface area contributed by atoms with Crippen LogP contribution in [-0.4, -0.2) is 32.4 Å². The van der Waals surface area contributed by atoms with Gasteiger partial charge in [0.25, 0.3) is 0 Å². The van der Waals surface area contributed by atoms with Gasteiger partial charge in [-0.1, -0.05) is 25.1 Å². The molecule has 0 aliphatic carbocycles. The maximum Gasteiger partial charge on any atom is 0.239 e. The highest BCUT2D eigenvalue weighted by atomic mass is 32.2. The second-order valence-corrected chi connectivity index (χ2v) is 6.12. The van der Waals surface area contributed by atoms with Crippen molar-refractivity contribution in [3.63, 3.8) is 0 Å². The second-order valence-electron chi connectivity index (χ2n) is 3.94. The molecule has 18 heavy (non-hydrogen) atoms. The third-order valence-electron chi connectivity index (χ3n) is 2.45. The van der Waals surface area contributed by atoms with Crippen LogP contribution in [0.2, 0.25) is 0 Å². The molecule has 3 N–H and O–H groups in total. The molecule has 0 aromatic heterocycles. The number of hydrogen-bond acceptors (Lipinski definition) is 4. The highest BCUT2D eigenvalue weighted by molar-refractivity contribution is 7.92. The van der Waals surface area contributed by atoms with Gasteiger partial charge in [-0.15, -0.1) is 0 Å². The van der Waals surface area contributed by atoms with Crippen molar-refractivity contribution in [1.29, 1.82) is 0 Å². The van der Waals surface area contributed by atoms with Crippen LogP contribution in [0.3, 0.4) is 0 Å². The predicted molar refractivity (Wildman–Crippen MR) is 72.2 cm³/mol. The van der Waals surface area contributed by atoms with Gasteiger partial charge in [-0.2, -0.15) is 0 Å². The van der Waals surface area contributed by atoms with E-state index in [-0.39, 0.29) is 12.3 Å². The van der Waals surface area contributed by atoms with Crippen LogP contribution in [0.1, 0.15) is 12.5 Å². The van der Waals surface area contributed by atoms with E-state index in [4.69, 9.17) is 5.73 Å². The van der Waals surface area contributed by atoms with Gasteiger partial charge < -0.3 is 11.1 Å². The molecule has 0 aliphatic rings. The number of anilines is 1. The molecular formula is C12H18N2O3S. The summed E-state index contributed by atoms with van der Waals surface area (Å²) in [7, 11) is -3.41. The van der Waals surface area contributed by atoms with Crippen molar-refractivity contribution in [1.82, 2.24) is 0 Å². The molecule has 0 radical (unpaired) electrons. The van der Waals surface area contributed by atoms with Crippen molar-refractivity contribution in [2.45, 2.75) is 13.3 Å². The number of nitrogens with two attached hydrogens (primary N) is 1. The molecule has 1 amide bonds. The Morgan fingerprint density at radius 1 is 1.33 bits per heavy atom. The van der Waals surface area contributed by atoms with Gasteiger partial charge in [-0.25, -0.2) is 8.42 Å². The highest BCUT2D eigenvalue weighted by Gasteiger charge is 2.16. The zero-order valence-corrected chi connectivity index (χ0v) is 11.2. The van der Waals surface area contributed by atoms with Crippen molar-refractivity contribution in [3.05, 3.63) is 29.8 Å². The molecule has 1 aromatic rings. The van der Waals surface area contributed by atoms with Crippen LogP contribution in [0.4, 0.5) is 5.69 Å². The lowest BCUT2D eigenvalue weighted by atomic mass is 10.1. The van der Waals surface area contributed by atoms with E-state index in [1.165, 1.54) is 0 Å². The fourth-order valence-electron chi connectivity index (χ4n) is 1.59. The summed E-state index contributed by atoms with van der Waals surface area (Å²) in [5.74, 6) is -1.22. The molecule has 1 aromatic carbocycles. The van der Waals surface area contributed by atoms with Crippen LogP contribution < -0.4 is 11.1 Å². The Labute approximate surface area is 107 Å². The van der Waals surface area contributed by atoms with Gasteiger partial charge >= 0.3 is 0 Å². The average Bonchev–Trinajstić information content (AvgIpc) is 2.28. The minimum Gasteiger partial charge on any atom is -0.329 e. The molecule has 5 nitrogen and oxygen atoms in total. The lowest BCUT2D eigenvalue weighted by molar-refractivity contribution is -0.113. The largest absolute Gasteiger partial charge is 0.329 e. The average molecular weight is 270 g/mol. The van der Waals surface area contributed by atoms with Crippen molar-refractivity contribution in [2.24, 2.45) is 5.73 Å². The third-order valence-corrected chi connectivity index (χ3v) is 4.01. The standard InChI is InChI=1S/C12H18N2O3S/c1-2-10-5-3-4-6-11(10)14-12(15)9-18(16,17)8-7-13/h3-6H,2,7-9,13H2,1H3,(H,14,15). The van der Waals surface area contributed by atoms with Gasteiger partial charge in [0.05, 0.1) is 5.75 Å². The van der Waals surface area contributed by atoms with Crippen LogP contribution in [0, 0.1) is 0 Å². The Kier molecular flexibility index (Phi) is 5.30. The van der Waals surface area contributed by atoms with Crippen LogP contribution >= 0.6 is 0 Å². The van der Waals surface area contributed by atoms with Crippen molar-refractivity contribution in [3.8, 4) is 0 Å². The molecule has 100 valence electrons. The molecule has 1 rings (SSSR count). The monoisotopic (exact) mass is 270 g/mol. The zero-order chi connectivity index (χ0) is 13.6.